The molecule has 1 aliphatic rings. The Morgan fingerprint density at radius 1 is 1.28 bits per heavy atom. The summed E-state index contributed by atoms with van der Waals surface area (Å²) in [5.41, 5.74) is 1.34. The number of hydrogen-bond donors (Lipinski definition) is 1. The maximum atomic E-state index is 12.2. The van der Waals surface area contributed by atoms with Crippen molar-refractivity contribution in [3.8, 4) is 0 Å². The highest BCUT2D eigenvalue weighted by atomic mass is 32.2. The van der Waals surface area contributed by atoms with Crippen molar-refractivity contribution in [2.75, 3.05) is 35.2 Å². The van der Waals surface area contributed by atoms with Crippen LogP contribution in [0.4, 0.5) is 5.69 Å². The Morgan fingerprint density at radius 3 is 2.48 bits per heavy atom. The van der Waals surface area contributed by atoms with Crippen LogP contribution in [0.1, 0.15) is 18.4 Å². The third kappa shape index (κ3) is 6.00. The van der Waals surface area contributed by atoms with Crippen molar-refractivity contribution >= 4 is 31.5 Å². The van der Waals surface area contributed by atoms with Crippen LogP contribution in [0.5, 0.6) is 0 Å². The lowest BCUT2D eigenvalue weighted by molar-refractivity contribution is -0.119. The van der Waals surface area contributed by atoms with E-state index in [4.69, 9.17) is 0 Å². The molecule has 0 atom stereocenters. The number of nitrogens with one attached hydrogen (secondary N) is 1. The first-order chi connectivity index (χ1) is 11.6. The van der Waals surface area contributed by atoms with Gasteiger partial charge in [0.1, 0.15) is 16.4 Å². The van der Waals surface area contributed by atoms with Gasteiger partial charge in [-0.05, 0) is 43.4 Å². The van der Waals surface area contributed by atoms with Crippen molar-refractivity contribution in [1.29, 1.82) is 0 Å². The quantitative estimate of drug-likeness (QED) is 0.773. The van der Waals surface area contributed by atoms with Crippen molar-refractivity contribution in [1.82, 2.24) is 5.32 Å². The zero-order valence-electron chi connectivity index (χ0n) is 14.4. The molecule has 7 nitrogen and oxygen atoms in total. The van der Waals surface area contributed by atoms with Crippen LogP contribution < -0.4 is 9.62 Å². The normalized spacial score (nSPS) is 17.8. The summed E-state index contributed by atoms with van der Waals surface area (Å²) in [6, 6.07) is 6.94. The van der Waals surface area contributed by atoms with E-state index in [2.05, 4.69) is 5.32 Å². The van der Waals surface area contributed by atoms with Gasteiger partial charge in [-0.2, -0.15) is 0 Å². The largest absolute Gasteiger partial charge is 0.354 e. The van der Waals surface area contributed by atoms with Gasteiger partial charge < -0.3 is 5.32 Å². The monoisotopic (exact) mass is 388 g/mol. The van der Waals surface area contributed by atoms with Gasteiger partial charge in [-0.25, -0.2) is 16.8 Å². The van der Waals surface area contributed by atoms with E-state index >= 15 is 0 Å². The van der Waals surface area contributed by atoms with Gasteiger partial charge in [-0.3, -0.25) is 9.10 Å². The van der Waals surface area contributed by atoms with Crippen molar-refractivity contribution in [3.63, 3.8) is 0 Å². The Labute approximate surface area is 149 Å². The first kappa shape index (κ1) is 19.7. The minimum Gasteiger partial charge on any atom is -0.354 e. The molecule has 0 unspecified atom stereocenters. The molecule has 140 valence electrons. The van der Waals surface area contributed by atoms with Gasteiger partial charge in [0.15, 0.2) is 0 Å². The Morgan fingerprint density at radius 2 is 1.92 bits per heavy atom. The Hall–Kier alpha value is -1.61. The average Bonchev–Trinajstić information content (AvgIpc) is 2.50. The van der Waals surface area contributed by atoms with E-state index < -0.39 is 25.8 Å². The highest BCUT2D eigenvalue weighted by Crippen LogP contribution is 2.19. The molecule has 0 aromatic heterocycles. The Bertz CT molecular complexity index is 820. The number of anilines is 1. The first-order valence-electron chi connectivity index (χ1n) is 8.08. The predicted octanol–water partition coefficient (Wildman–Crippen LogP) is 0.702. The molecule has 1 heterocycles. The van der Waals surface area contributed by atoms with Crippen LogP contribution in [0.15, 0.2) is 24.3 Å². The molecule has 0 spiro atoms. The number of carbonyl (C=O) groups is 1. The fourth-order valence-corrected chi connectivity index (χ4v) is 5.21. The van der Waals surface area contributed by atoms with Gasteiger partial charge in [-0.1, -0.05) is 12.1 Å². The summed E-state index contributed by atoms with van der Waals surface area (Å²) < 4.78 is 48.0. The van der Waals surface area contributed by atoms with Gasteiger partial charge >= 0.3 is 0 Å². The van der Waals surface area contributed by atoms with E-state index in [1.54, 1.807) is 18.2 Å². The van der Waals surface area contributed by atoms with E-state index in [1.807, 2.05) is 13.0 Å². The number of carbonyl (C=O) groups excluding carboxylic acids is 1. The summed E-state index contributed by atoms with van der Waals surface area (Å²) >= 11 is 0. The lowest BCUT2D eigenvalue weighted by atomic mass is 10.0. The van der Waals surface area contributed by atoms with Gasteiger partial charge in [0.05, 0.1) is 23.4 Å². The molecular weight excluding hydrogens is 364 g/mol. The number of hydrogen-bond acceptors (Lipinski definition) is 5. The maximum absolute atomic E-state index is 12.2. The van der Waals surface area contributed by atoms with Gasteiger partial charge in [0.2, 0.25) is 15.9 Å². The van der Waals surface area contributed by atoms with Gasteiger partial charge in [0.25, 0.3) is 0 Å². The highest BCUT2D eigenvalue weighted by molar-refractivity contribution is 7.92. The number of sulfonamides is 1. The van der Waals surface area contributed by atoms with E-state index in [-0.39, 0.29) is 24.0 Å². The first-order valence-corrected chi connectivity index (χ1v) is 11.8. The minimum absolute atomic E-state index is 0.109. The molecule has 0 aliphatic carbocycles. The third-order valence-corrected chi connectivity index (χ3v) is 7.10. The topological polar surface area (TPSA) is 101 Å². The standard InChI is InChI=1S/C16H24N2O5S2/c1-13-4-3-5-15(10-13)18(24(2,20)21)12-16(19)17-11-14-6-8-25(22,23)9-7-14/h3-5,10,14H,6-9,11-12H2,1-2H3,(H,17,19). The maximum Gasteiger partial charge on any atom is 0.240 e. The minimum atomic E-state index is -3.60. The number of rotatable bonds is 6. The van der Waals surface area contributed by atoms with Crippen molar-refractivity contribution < 1.29 is 21.6 Å². The second-order valence-corrected chi connectivity index (χ2v) is 10.7. The van der Waals surface area contributed by atoms with Crippen LogP contribution in [0, 0.1) is 12.8 Å². The molecule has 1 amide bonds. The smallest absolute Gasteiger partial charge is 0.240 e. The number of benzene rings is 1. The van der Waals surface area contributed by atoms with E-state index in [9.17, 15) is 21.6 Å². The molecule has 1 saturated heterocycles. The summed E-state index contributed by atoms with van der Waals surface area (Å²) in [5, 5.41) is 2.73. The van der Waals surface area contributed by atoms with Gasteiger partial charge in [0, 0.05) is 6.54 Å². The van der Waals surface area contributed by atoms with Crippen LogP contribution in [0.3, 0.4) is 0 Å². The summed E-state index contributed by atoms with van der Waals surface area (Å²) in [6.07, 6.45) is 2.11. The third-order valence-electron chi connectivity index (χ3n) is 4.24. The molecule has 2 rings (SSSR count). The molecule has 1 N–H and O–H groups in total. The summed E-state index contributed by atoms with van der Waals surface area (Å²) in [7, 11) is -6.53. The molecule has 25 heavy (non-hydrogen) atoms. The Balaban J connectivity index is 1.96. The lowest BCUT2D eigenvalue weighted by Crippen LogP contribution is -2.42. The summed E-state index contributed by atoms with van der Waals surface area (Å²) in [6.45, 7) is 1.91. The molecule has 1 aromatic carbocycles. The van der Waals surface area contributed by atoms with Gasteiger partial charge in [-0.15, -0.1) is 0 Å². The van der Waals surface area contributed by atoms with Crippen LogP contribution in [0.2, 0.25) is 0 Å². The van der Waals surface area contributed by atoms with Crippen LogP contribution in [-0.4, -0.2) is 53.6 Å². The van der Waals surface area contributed by atoms with E-state index in [0.29, 0.717) is 25.1 Å². The van der Waals surface area contributed by atoms with Crippen molar-refractivity contribution in [3.05, 3.63) is 29.8 Å². The molecular formula is C16H24N2O5S2. The predicted molar refractivity (Wildman–Crippen MR) is 97.8 cm³/mol. The fraction of sp³-hybridized carbons (Fsp3) is 0.562. The van der Waals surface area contributed by atoms with E-state index in [0.717, 1.165) is 16.1 Å². The zero-order valence-corrected chi connectivity index (χ0v) is 16.1. The number of nitrogens with zero attached hydrogens (tertiary/aromatic N) is 1. The number of amides is 1. The zero-order chi connectivity index (χ0) is 18.7. The molecule has 0 bridgehead atoms. The second kappa shape index (κ2) is 7.74. The SMILES string of the molecule is Cc1cccc(N(CC(=O)NCC2CCS(=O)(=O)CC2)S(C)(=O)=O)c1. The lowest BCUT2D eigenvalue weighted by Gasteiger charge is -2.24. The second-order valence-electron chi connectivity index (χ2n) is 6.51. The van der Waals surface area contributed by atoms with Crippen molar-refractivity contribution in [2.24, 2.45) is 5.92 Å². The summed E-state index contributed by atoms with van der Waals surface area (Å²) in [5.74, 6) is -0.00280. The van der Waals surface area contributed by atoms with Crippen LogP contribution >= 0.6 is 0 Å². The number of aryl methyl sites for hydroxylation is 1. The molecule has 0 radical (unpaired) electrons. The van der Waals surface area contributed by atoms with E-state index in [1.165, 1.54) is 0 Å². The molecule has 1 aliphatic heterocycles. The fourth-order valence-electron chi connectivity index (χ4n) is 2.77. The van der Waals surface area contributed by atoms with Crippen LogP contribution in [-0.2, 0) is 24.7 Å². The molecule has 9 heteroatoms. The van der Waals surface area contributed by atoms with Crippen molar-refractivity contribution in [2.45, 2.75) is 19.8 Å². The highest BCUT2D eigenvalue weighted by Gasteiger charge is 2.25. The Kier molecular flexibility index (Phi) is 6.10. The summed E-state index contributed by atoms with van der Waals surface area (Å²) in [4.78, 5) is 12.2. The number of sulfone groups is 1. The average molecular weight is 389 g/mol. The molecule has 1 fully saturated rings. The molecule has 1 aromatic rings. The molecule has 0 saturated carbocycles. The van der Waals surface area contributed by atoms with Crippen LogP contribution in [0.25, 0.3) is 0 Å².